The molecule has 1 aliphatic heterocycles. The van der Waals surface area contributed by atoms with Crippen LogP contribution in [0.25, 0.3) is 0 Å². The first-order chi connectivity index (χ1) is 14.6. The summed E-state index contributed by atoms with van der Waals surface area (Å²) in [4.78, 5) is 35.5. The lowest BCUT2D eigenvalue weighted by Gasteiger charge is -2.24. The number of aliphatic imine (C=N–C) groups is 2. The zero-order chi connectivity index (χ0) is 20.9. The molecule has 2 amide bonds. The summed E-state index contributed by atoms with van der Waals surface area (Å²) < 4.78 is 10.5. The average molecular weight is 403 g/mol. The number of amides is 2. The summed E-state index contributed by atoms with van der Waals surface area (Å²) in [6, 6.07) is 11.0. The van der Waals surface area contributed by atoms with Gasteiger partial charge in [0.2, 0.25) is 0 Å². The Balaban J connectivity index is 1.52. The van der Waals surface area contributed by atoms with Crippen molar-refractivity contribution in [3.8, 4) is 5.75 Å². The maximum atomic E-state index is 13.0. The zero-order valence-corrected chi connectivity index (χ0v) is 16.5. The highest BCUT2D eigenvalue weighted by atomic mass is 16.5. The molecule has 0 N–H and O–H groups in total. The quantitative estimate of drug-likeness (QED) is 0.711. The van der Waals surface area contributed by atoms with E-state index in [1.807, 2.05) is 36.4 Å². The lowest BCUT2D eigenvalue weighted by atomic mass is 9.96. The number of fused-ring (bicyclic) bond motifs is 1. The topological polar surface area (TPSA) is 84.5 Å². The number of benzene rings is 1. The van der Waals surface area contributed by atoms with Crippen LogP contribution in [0.15, 0.2) is 81.4 Å². The minimum Gasteiger partial charge on any atom is -0.497 e. The molecule has 1 unspecified atom stereocenters. The van der Waals surface area contributed by atoms with E-state index in [1.165, 1.54) is 6.26 Å². The van der Waals surface area contributed by atoms with Gasteiger partial charge < -0.3 is 14.1 Å². The molecule has 2 aromatic rings. The average Bonchev–Trinajstić information content (AvgIpc) is 3.31. The molecule has 2 heterocycles. The number of amidine groups is 1. The molecule has 1 aromatic carbocycles. The van der Waals surface area contributed by atoms with Crippen LogP contribution >= 0.6 is 0 Å². The van der Waals surface area contributed by atoms with Crippen LogP contribution in [0.3, 0.4) is 0 Å². The Hall–Kier alpha value is -3.74. The third-order valence-electron chi connectivity index (χ3n) is 4.94. The molecular formula is C23H21N3O4. The lowest BCUT2D eigenvalue weighted by molar-refractivity contribution is -0.118. The molecule has 0 bridgehead atoms. The first kappa shape index (κ1) is 19.6. The fourth-order valence-corrected chi connectivity index (χ4v) is 3.32. The second kappa shape index (κ2) is 8.73. The summed E-state index contributed by atoms with van der Waals surface area (Å²) >= 11 is 0. The highest BCUT2D eigenvalue weighted by Crippen LogP contribution is 2.18. The zero-order valence-electron chi connectivity index (χ0n) is 16.5. The van der Waals surface area contributed by atoms with Gasteiger partial charge in [0, 0.05) is 6.54 Å². The van der Waals surface area contributed by atoms with Crippen molar-refractivity contribution in [2.45, 2.75) is 6.42 Å². The van der Waals surface area contributed by atoms with E-state index in [4.69, 9.17) is 9.15 Å². The Morgan fingerprint density at radius 1 is 1.17 bits per heavy atom. The molecule has 30 heavy (non-hydrogen) atoms. The molecule has 2 aliphatic rings. The molecule has 152 valence electrons. The minimum atomic E-state index is -0.438. The Morgan fingerprint density at radius 3 is 2.73 bits per heavy atom. The first-order valence-corrected chi connectivity index (χ1v) is 9.64. The predicted molar refractivity (Wildman–Crippen MR) is 113 cm³/mol. The standard InChI is InChI=1S/C23H21N3O4/c1-29-17-10-8-16(9-11-17)12-13-26(23(28)20-7-4-14-30-20)15-21-24-19-6-3-2-5-18(19)22(27)25-21/h2-11,14,18H,12-13,15H2,1H3. The number of hydrogen-bond donors (Lipinski definition) is 0. The van der Waals surface area contributed by atoms with Gasteiger partial charge >= 0.3 is 0 Å². The van der Waals surface area contributed by atoms with E-state index in [2.05, 4.69) is 9.98 Å². The molecule has 7 heteroatoms. The smallest absolute Gasteiger partial charge is 0.289 e. The molecule has 4 rings (SSSR count). The van der Waals surface area contributed by atoms with Crippen molar-refractivity contribution >= 4 is 23.4 Å². The van der Waals surface area contributed by atoms with Crippen molar-refractivity contribution < 1.29 is 18.7 Å². The summed E-state index contributed by atoms with van der Waals surface area (Å²) in [5, 5.41) is 0. The fraction of sp³-hybridized carbons (Fsp3) is 0.217. The third kappa shape index (κ3) is 4.30. The fourth-order valence-electron chi connectivity index (χ4n) is 3.32. The number of hydrogen-bond acceptors (Lipinski definition) is 5. The normalized spacial score (nSPS) is 17.2. The third-order valence-corrected chi connectivity index (χ3v) is 4.94. The molecule has 1 atom stereocenters. The van der Waals surface area contributed by atoms with Crippen LogP contribution in [0.5, 0.6) is 5.75 Å². The Labute approximate surface area is 174 Å². The van der Waals surface area contributed by atoms with Crippen LogP contribution in [-0.4, -0.2) is 48.5 Å². The van der Waals surface area contributed by atoms with Crippen molar-refractivity contribution in [3.63, 3.8) is 0 Å². The number of carbonyl (C=O) groups is 2. The van der Waals surface area contributed by atoms with Crippen molar-refractivity contribution in [2.75, 3.05) is 20.2 Å². The summed E-state index contributed by atoms with van der Waals surface area (Å²) in [6.07, 6.45) is 9.30. The monoisotopic (exact) mass is 403 g/mol. The number of methoxy groups -OCH3 is 1. The maximum absolute atomic E-state index is 13.0. The number of carbonyl (C=O) groups excluding carboxylic acids is 2. The van der Waals surface area contributed by atoms with Gasteiger partial charge in [0.05, 0.1) is 25.6 Å². The molecule has 0 saturated heterocycles. The molecule has 0 spiro atoms. The highest BCUT2D eigenvalue weighted by molar-refractivity contribution is 6.21. The van der Waals surface area contributed by atoms with Gasteiger partial charge in [0.25, 0.3) is 11.8 Å². The second-order valence-corrected chi connectivity index (χ2v) is 6.93. The van der Waals surface area contributed by atoms with Crippen LogP contribution in [0.1, 0.15) is 16.1 Å². The van der Waals surface area contributed by atoms with Crippen molar-refractivity contribution in [2.24, 2.45) is 15.9 Å². The summed E-state index contributed by atoms with van der Waals surface area (Å²) in [5.41, 5.74) is 1.70. The van der Waals surface area contributed by atoms with Crippen LogP contribution < -0.4 is 4.74 Å². The highest BCUT2D eigenvalue weighted by Gasteiger charge is 2.28. The molecule has 7 nitrogen and oxygen atoms in total. The second-order valence-electron chi connectivity index (χ2n) is 6.93. The van der Waals surface area contributed by atoms with Crippen LogP contribution in [0.4, 0.5) is 0 Å². The predicted octanol–water partition coefficient (Wildman–Crippen LogP) is 3.10. The van der Waals surface area contributed by atoms with Gasteiger partial charge in [-0.25, -0.2) is 4.99 Å². The van der Waals surface area contributed by atoms with E-state index in [0.717, 1.165) is 11.3 Å². The van der Waals surface area contributed by atoms with E-state index < -0.39 is 5.92 Å². The summed E-state index contributed by atoms with van der Waals surface area (Å²) in [5.74, 6) is 0.352. The molecule has 0 saturated carbocycles. The molecule has 0 radical (unpaired) electrons. The number of furan rings is 1. The van der Waals surface area contributed by atoms with Crippen molar-refractivity contribution in [1.82, 2.24) is 4.90 Å². The van der Waals surface area contributed by atoms with Crippen molar-refractivity contribution in [3.05, 3.63) is 78.3 Å². The number of nitrogens with zero attached hydrogens (tertiary/aromatic N) is 3. The Bertz CT molecular complexity index is 1050. The van der Waals surface area contributed by atoms with Crippen LogP contribution in [-0.2, 0) is 11.2 Å². The van der Waals surface area contributed by atoms with E-state index in [9.17, 15) is 9.59 Å². The Morgan fingerprint density at radius 2 is 2.00 bits per heavy atom. The summed E-state index contributed by atoms with van der Waals surface area (Å²) in [6.45, 7) is 0.540. The largest absolute Gasteiger partial charge is 0.497 e. The van der Waals surface area contributed by atoms with E-state index in [0.29, 0.717) is 24.5 Å². The van der Waals surface area contributed by atoms with Gasteiger partial charge in [-0.3, -0.25) is 9.59 Å². The van der Waals surface area contributed by atoms with Gasteiger partial charge in [-0.1, -0.05) is 30.4 Å². The first-order valence-electron chi connectivity index (χ1n) is 9.64. The molecule has 1 aliphatic carbocycles. The maximum Gasteiger partial charge on any atom is 0.289 e. The van der Waals surface area contributed by atoms with E-state index in [1.54, 1.807) is 36.3 Å². The van der Waals surface area contributed by atoms with Gasteiger partial charge in [0.15, 0.2) is 11.6 Å². The number of allylic oxidation sites excluding steroid dienone is 3. The van der Waals surface area contributed by atoms with Gasteiger partial charge in [-0.05, 0) is 42.3 Å². The van der Waals surface area contributed by atoms with Crippen LogP contribution in [0, 0.1) is 5.92 Å². The van der Waals surface area contributed by atoms with E-state index in [-0.39, 0.29) is 24.1 Å². The van der Waals surface area contributed by atoms with Gasteiger partial charge in [-0.2, -0.15) is 4.99 Å². The SMILES string of the molecule is COc1ccc(CCN(CC2=NC(=O)C3C=CC=CC3=N2)C(=O)c2ccco2)cc1. The minimum absolute atomic E-state index is 0.120. The molecule has 1 aromatic heterocycles. The number of ether oxygens (including phenoxy) is 1. The summed E-state index contributed by atoms with van der Waals surface area (Å²) in [7, 11) is 1.62. The van der Waals surface area contributed by atoms with Gasteiger partial charge in [0.1, 0.15) is 11.7 Å². The lowest BCUT2D eigenvalue weighted by Crippen LogP contribution is -2.39. The van der Waals surface area contributed by atoms with E-state index >= 15 is 0 Å². The van der Waals surface area contributed by atoms with Crippen LogP contribution in [0.2, 0.25) is 0 Å². The molecular weight excluding hydrogens is 382 g/mol. The number of rotatable bonds is 7. The van der Waals surface area contributed by atoms with Crippen molar-refractivity contribution in [1.29, 1.82) is 0 Å². The van der Waals surface area contributed by atoms with Gasteiger partial charge in [-0.15, -0.1) is 0 Å². The molecule has 0 fully saturated rings. The Kier molecular flexibility index (Phi) is 5.70.